The van der Waals surface area contributed by atoms with Gasteiger partial charge in [-0.05, 0) is 31.4 Å². The molecule has 0 spiro atoms. The summed E-state index contributed by atoms with van der Waals surface area (Å²) in [6.07, 6.45) is 1.78. The van der Waals surface area contributed by atoms with Gasteiger partial charge in [-0.2, -0.15) is 0 Å². The summed E-state index contributed by atoms with van der Waals surface area (Å²) >= 11 is 3.54. The van der Waals surface area contributed by atoms with Gasteiger partial charge in [0.25, 0.3) is 0 Å². The summed E-state index contributed by atoms with van der Waals surface area (Å²) in [5.74, 6) is 0. The quantitative estimate of drug-likeness (QED) is 0.723. The second-order valence-corrected chi connectivity index (χ2v) is 5.10. The molecule has 0 radical (unpaired) electrons. The molecule has 0 aliphatic carbocycles. The maximum absolute atomic E-state index is 8.81. The largest absolute Gasteiger partial charge is 0.396 e. The first-order chi connectivity index (χ1) is 8.19. The Morgan fingerprint density at radius 1 is 1.41 bits per heavy atom. The summed E-state index contributed by atoms with van der Waals surface area (Å²) in [5.41, 5.74) is 7.00. The first-order valence-corrected chi connectivity index (χ1v) is 6.79. The minimum atomic E-state index is 0.152. The molecule has 1 rings (SSSR count). The van der Waals surface area contributed by atoms with Crippen molar-refractivity contribution in [3.05, 3.63) is 34.3 Å². The highest BCUT2D eigenvalue weighted by Crippen LogP contribution is 2.23. The lowest BCUT2D eigenvalue weighted by Crippen LogP contribution is -2.35. The molecule has 2 unspecified atom stereocenters. The van der Waals surface area contributed by atoms with Crippen molar-refractivity contribution in [3.63, 3.8) is 0 Å². The van der Waals surface area contributed by atoms with Crippen molar-refractivity contribution >= 4 is 15.9 Å². The molecule has 1 aromatic carbocycles. The van der Waals surface area contributed by atoms with Gasteiger partial charge in [-0.25, -0.2) is 0 Å². The molecule has 17 heavy (non-hydrogen) atoms. The summed E-state index contributed by atoms with van der Waals surface area (Å²) < 4.78 is 1.08. The predicted octanol–water partition coefficient (Wildman–Crippen LogP) is 2.20. The lowest BCUT2D eigenvalue weighted by atomic mass is 10.0. The molecular weight excluding hydrogens is 280 g/mol. The maximum Gasteiger partial charge on any atom is 0.0457 e. The monoisotopic (exact) mass is 300 g/mol. The molecule has 0 amide bonds. The minimum Gasteiger partial charge on any atom is -0.396 e. The second kappa shape index (κ2) is 7.82. The van der Waals surface area contributed by atoms with E-state index in [4.69, 9.17) is 10.8 Å². The number of benzene rings is 1. The summed E-state index contributed by atoms with van der Waals surface area (Å²) in [7, 11) is 0. The normalized spacial score (nSPS) is 14.6. The van der Waals surface area contributed by atoms with E-state index < -0.39 is 0 Å². The van der Waals surface area contributed by atoms with Crippen LogP contribution in [0.2, 0.25) is 0 Å². The zero-order valence-electron chi connectivity index (χ0n) is 10.2. The van der Waals surface area contributed by atoms with Crippen LogP contribution in [-0.4, -0.2) is 24.3 Å². The maximum atomic E-state index is 8.81. The highest BCUT2D eigenvalue weighted by molar-refractivity contribution is 9.10. The Balaban J connectivity index is 2.62. The number of aliphatic hydroxyl groups is 1. The molecule has 3 nitrogen and oxygen atoms in total. The van der Waals surface area contributed by atoms with Crippen LogP contribution in [0.4, 0.5) is 0 Å². The van der Waals surface area contributed by atoms with E-state index in [0.717, 1.165) is 17.3 Å². The van der Waals surface area contributed by atoms with Gasteiger partial charge in [-0.15, -0.1) is 0 Å². The van der Waals surface area contributed by atoms with Crippen LogP contribution < -0.4 is 11.1 Å². The third-order valence-electron chi connectivity index (χ3n) is 2.80. The van der Waals surface area contributed by atoms with Crippen LogP contribution in [0.1, 0.15) is 31.4 Å². The molecular formula is C13H21BrN2O. The SMILES string of the molecule is CC(CCCO)NC(CN)c1ccccc1Br. The fraction of sp³-hybridized carbons (Fsp3) is 0.538. The molecule has 1 aromatic rings. The zero-order chi connectivity index (χ0) is 12.7. The Hall–Kier alpha value is -0.420. The van der Waals surface area contributed by atoms with E-state index in [2.05, 4.69) is 34.2 Å². The number of halogens is 1. The fourth-order valence-electron chi connectivity index (χ4n) is 1.87. The minimum absolute atomic E-state index is 0.152. The van der Waals surface area contributed by atoms with Gasteiger partial charge in [0.15, 0.2) is 0 Å². The Morgan fingerprint density at radius 3 is 2.71 bits per heavy atom. The van der Waals surface area contributed by atoms with E-state index in [1.165, 1.54) is 5.56 Å². The number of rotatable bonds is 7. The van der Waals surface area contributed by atoms with Crippen LogP contribution in [0.5, 0.6) is 0 Å². The summed E-state index contributed by atoms with van der Waals surface area (Å²) in [6, 6.07) is 8.62. The van der Waals surface area contributed by atoms with Crippen molar-refractivity contribution in [2.75, 3.05) is 13.2 Å². The fourth-order valence-corrected chi connectivity index (χ4v) is 2.43. The lowest BCUT2D eigenvalue weighted by Gasteiger charge is -2.23. The van der Waals surface area contributed by atoms with E-state index in [1.807, 2.05) is 18.2 Å². The molecule has 4 N–H and O–H groups in total. The topological polar surface area (TPSA) is 58.3 Å². The predicted molar refractivity (Wildman–Crippen MR) is 74.9 cm³/mol. The van der Waals surface area contributed by atoms with E-state index >= 15 is 0 Å². The molecule has 0 aliphatic heterocycles. The van der Waals surface area contributed by atoms with Crippen molar-refractivity contribution in [1.29, 1.82) is 0 Å². The zero-order valence-corrected chi connectivity index (χ0v) is 11.8. The average molecular weight is 301 g/mol. The Labute approximate surface area is 112 Å². The number of aliphatic hydroxyl groups excluding tert-OH is 1. The standard InChI is InChI=1S/C13H21BrN2O/c1-10(5-4-8-17)16-13(9-15)11-6-2-3-7-12(11)14/h2-3,6-7,10,13,16-17H,4-5,8-9,15H2,1H3. The third kappa shape index (κ3) is 4.76. The van der Waals surface area contributed by atoms with Crippen LogP contribution in [0.15, 0.2) is 28.7 Å². The van der Waals surface area contributed by atoms with E-state index in [0.29, 0.717) is 12.6 Å². The molecule has 0 heterocycles. The van der Waals surface area contributed by atoms with Crippen molar-refractivity contribution in [3.8, 4) is 0 Å². The summed E-state index contributed by atoms with van der Waals surface area (Å²) in [6.45, 7) is 2.93. The van der Waals surface area contributed by atoms with Gasteiger partial charge in [0, 0.05) is 29.7 Å². The number of hydrogen-bond acceptors (Lipinski definition) is 3. The number of nitrogens with two attached hydrogens (primary N) is 1. The van der Waals surface area contributed by atoms with Crippen LogP contribution in [0.25, 0.3) is 0 Å². The van der Waals surface area contributed by atoms with Gasteiger partial charge >= 0.3 is 0 Å². The Kier molecular flexibility index (Phi) is 6.73. The second-order valence-electron chi connectivity index (χ2n) is 4.24. The van der Waals surface area contributed by atoms with E-state index in [-0.39, 0.29) is 12.6 Å². The van der Waals surface area contributed by atoms with Crippen LogP contribution in [-0.2, 0) is 0 Å². The van der Waals surface area contributed by atoms with Crippen LogP contribution in [0, 0.1) is 0 Å². The molecule has 4 heteroatoms. The lowest BCUT2D eigenvalue weighted by molar-refractivity contribution is 0.274. The van der Waals surface area contributed by atoms with E-state index in [1.54, 1.807) is 0 Å². The molecule has 0 saturated heterocycles. The molecule has 0 bridgehead atoms. The third-order valence-corrected chi connectivity index (χ3v) is 3.52. The van der Waals surface area contributed by atoms with Crippen LogP contribution >= 0.6 is 15.9 Å². The Bertz CT molecular complexity index is 333. The van der Waals surface area contributed by atoms with Gasteiger partial charge in [-0.3, -0.25) is 0 Å². The van der Waals surface area contributed by atoms with Crippen molar-refractivity contribution < 1.29 is 5.11 Å². The summed E-state index contributed by atoms with van der Waals surface area (Å²) in [5, 5.41) is 12.3. The van der Waals surface area contributed by atoms with Crippen LogP contribution in [0.3, 0.4) is 0 Å². The molecule has 0 saturated carbocycles. The van der Waals surface area contributed by atoms with Gasteiger partial charge in [0.1, 0.15) is 0 Å². The first kappa shape index (κ1) is 14.6. The Morgan fingerprint density at radius 2 is 2.12 bits per heavy atom. The van der Waals surface area contributed by atoms with Crippen molar-refractivity contribution in [2.45, 2.75) is 31.8 Å². The highest BCUT2D eigenvalue weighted by atomic mass is 79.9. The highest BCUT2D eigenvalue weighted by Gasteiger charge is 2.14. The first-order valence-electron chi connectivity index (χ1n) is 6.00. The number of hydrogen-bond donors (Lipinski definition) is 3. The average Bonchev–Trinajstić information content (AvgIpc) is 2.34. The van der Waals surface area contributed by atoms with Gasteiger partial charge < -0.3 is 16.2 Å². The molecule has 0 aliphatic rings. The molecule has 0 fully saturated rings. The van der Waals surface area contributed by atoms with Crippen molar-refractivity contribution in [2.24, 2.45) is 5.73 Å². The van der Waals surface area contributed by atoms with Gasteiger partial charge in [-0.1, -0.05) is 34.1 Å². The summed E-state index contributed by atoms with van der Waals surface area (Å²) in [4.78, 5) is 0. The molecule has 96 valence electrons. The van der Waals surface area contributed by atoms with E-state index in [9.17, 15) is 0 Å². The van der Waals surface area contributed by atoms with Gasteiger partial charge in [0.05, 0.1) is 0 Å². The molecule has 2 atom stereocenters. The van der Waals surface area contributed by atoms with Crippen molar-refractivity contribution in [1.82, 2.24) is 5.32 Å². The molecule has 0 aromatic heterocycles. The number of nitrogens with one attached hydrogen (secondary N) is 1. The smallest absolute Gasteiger partial charge is 0.0457 e. The van der Waals surface area contributed by atoms with Gasteiger partial charge in [0.2, 0.25) is 0 Å².